The third-order valence-corrected chi connectivity index (χ3v) is 3.30. The van der Waals surface area contributed by atoms with Crippen molar-refractivity contribution >= 4 is 0 Å². The Hall–Kier alpha value is -0.890. The molecule has 2 unspecified atom stereocenters. The van der Waals surface area contributed by atoms with Gasteiger partial charge in [0.15, 0.2) is 0 Å². The lowest BCUT2D eigenvalue weighted by atomic mass is 10.1. The van der Waals surface area contributed by atoms with E-state index in [0.29, 0.717) is 0 Å². The van der Waals surface area contributed by atoms with Crippen molar-refractivity contribution in [1.82, 2.24) is 10.3 Å². The predicted molar refractivity (Wildman–Crippen MR) is 56.1 cm³/mol. The number of nitrogens with one attached hydrogen (secondary N) is 1. The maximum Gasteiger partial charge on any atom is 0.0270 e. The smallest absolute Gasteiger partial charge is 0.0270 e. The van der Waals surface area contributed by atoms with Crippen LogP contribution >= 0.6 is 0 Å². The normalized spacial score (nSPS) is 30.3. The van der Waals surface area contributed by atoms with Crippen LogP contribution in [0, 0.1) is 5.92 Å². The summed E-state index contributed by atoms with van der Waals surface area (Å²) in [7, 11) is 0. The first-order valence-corrected chi connectivity index (χ1v) is 5.57. The fraction of sp³-hybridized carbons (Fsp3) is 0.583. The van der Waals surface area contributed by atoms with E-state index in [1.165, 1.54) is 31.4 Å². The van der Waals surface area contributed by atoms with E-state index in [1.807, 2.05) is 12.4 Å². The van der Waals surface area contributed by atoms with Crippen LogP contribution in [-0.4, -0.2) is 17.6 Å². The Balaban J connectivity index is 1.52. The molecule has 0 aromatic carbocycles. The maximum atomic E-state index is 4.05. The number of aromatic nitrogens is 1. The third kappa shape index (κ3) is 1.80. The Morgan fingerprint density at radius 3 is 2.79 bits per heavy atom. The summed E-state index contributed by atoms with van der Waals surface area (Å²) in [6.07, 6.45) is 7.96. The van der Waals surface area contributed by atoms with Gasteiger partial charge in [-0.2, -0.15) is 0 Å². The van der Waals surface area contributed by atoms with Crippen LogP contribution in [0.5, 0.6) is 0 Å². The van der Waals surface area contributed by atoms with Crippen molar-refractivity contribution in [3.63, 3.8) is 0 Å². The minimum atomic E-state index is 0.809. The highest BCUT2D eigenvalue weighted by molar-refractivity contribution is 5.23. The van der Waals surface area contributed by atoms with Gasteiger partial charge in [-0.3, -0.25) is 4.98 Å². The lowest BCUT2D eigenvalue weighted by Crippen LogP contribution is -2.19. The van der Waals surface area contributed by atoms with E-state index in [9.17, 15) is 0 Å². The number of nitrogens with zero attached hydrogens (tertiary/aromatic N) is 1. The van der Waals surface area contributed by atoms with E-state index >= 15 is 0 Å². The quantitative estimate of drug-likeness (QED) is 0.781. The average Bonchev–Trinajstić information content (AvgIpc) is 3.12. The first-order valence-electron chi connectivity index (χ1n) is 5.57. The lowest BCUT2D eigenvalue weighted by molar-refractivity contribution is 0.623. The second-order valence-electron chi connectivity index (χ2n) is 4.57. The van der Waals surface area contributed by atoms with Gasteiger partial charge in [0.1, 0.15) is 0 Å². The molecular weight excluding hydrogens is 172 g/mol. The molecule has 2 saturated carbocycles. The molecule has 0 bridgehead atoms. The average molecular weight is 188 g/mol. The minimum absolute atomic E-state index is 0.809. The lowest BCUT2D eigenvalue weighted by Gasteiger charge is -2.01. The molecule has 1 heterocycles. The molecule has 2 heteroatoms. The molecule has 2 fully saturated rings. The van der Waals surface area contributed by atoms with Crippen LogP contribution in [0.4, 0.5) is 0 Å². The van der Waals surface area contributed by atoms with Gasteiger partial charge in [0.2, 0.25) is 0 Å². The van der Waals surface area contributed by atoms with E-state index in [2.05, 4.69) is 22.4 Å². The second kappa shape index (κ2) is 3.35. The molecule has 0 aliphatic heterocycles. The molecule has 1 N–H and O–H groups in total. The Morgan fingerprint density at radius 2 is 2.07 bits per heavy atom. The molecule has 74 valence electrons. The van der Waals surface area contributed by atoms with Crippen molar-refractivity contribution in [1.29, 1.82) is 0 Å². The third-order valence-electron chi connectivity index (χ3n) is 3.30. The zero-order valence-corrected chi connectivity index (χ0v) is 8.32. The van der Waals surface area contributed by atoms with Gasteiger partial charge in [-0.1, -0.05) is 0 Å². The first kappa shape index (κ1) is 8.42. The van der Waals surface area contributed by atoms with Crippen molar-refractivity contribution in [2.45, 2.75) is 31.2 Å². The van der Waals surface area contributed by atoms with Crippen LogP contribution in [0.2, 0.25) is 0 Å². The van der Waals surface area contributed by atoms with Crippen LogP contribution < -0.4 is 5.32 Å². The number of pyridine rings is 1. The fourth-order valence-corrected chi connectivity index (χ4v) is 2.10. The van der Waals surface area contributed by atoms with Gasteiger partial charge in [0, 0.05) is 18.4 Å². The van der Waals surface area contributed by atoms with E-state index in [0.717, 1.165) is 17.9 Å². The summed E-state index contributed by atoms with van der Waals surface area (Å²) in [5.41, 5.74) is 1.47. The maximum absolute atomic E-state index is 4.05. The highest BCUT2D eigenvalue weighted by atomic mass is 15.0. The van der Waals surface area contributed by atoms with Crippen LogP contribution in [0.15, 0.2) is 24.5 Å². The molecule has 0 radical (unpaired) electrons. The zero-order valence-electron chi connectivity index (χ0n) is 8.32. The number of hydrogen-bond acceptors (Lipinski definition) is 2. The van der Waals surface area contributed by atoms with Gasteiger partial charge in [0.05, 0.1) is 0 Å². The van der Waals surface area contributed by atoms with Crippen LogP contribution in [0.1, 0.15) is 30.7 Å². The topological polar surface area (TPSA) is 24.9 Å². The second-order valence-corrected chi connectivity index (χ2v) is 4.57. The van der Waals surface area contributed by atoms with Gasteiger partial charge >= 0.3 is 0 Å². The Labute approximate surface area is 84.7 Å². The van der Waals surface area contributed by atoms with Gasteiger partial charge in [-0.15, -0.1) is 0 Å². The van der Waals surface area contributed by atoms with E-state index in [1.54, 1.807) is 0 Å². The highest BCUT2D eigenvalue weighted by Crippen LogP contribution is 2.46. The summed E-state index contributed by atoms with van der Waals surface area (Å²) >= 11 is 0. The fourth-order valence-electron chi connectivity index (χ4n) is 2.10. The molecule has 3 rings (SSSR count). The van der Waals surface area contributed by atoms with Crippen molar-refractivity contribution in [2.24, 2.45) is 5.92 Å². The van der Waals surface area contributed by atoms with Gasteiger partial charge < -0.3 is 5.32 Å². The monoisotopic (exact) mass is 188 g/mol. The Bertz CT molecular complexity index is 305. The molecule has 14 heavy (non-hydrogen) atoms. The van der Waals surface area contributed by atoms with Crippen molar-refractivity contribution < 1.29 is 0 Å². The summed E-state index contributed by atoms with van der Waals surface area (Å²) in [5.74, 6) is 1.70. The first-order chi connectivity index (χ1) is 6.93. The standard InChI is InChI=1S/C12H16N2/c1-2-11(1)14-8-10-7-12(10)9-3-5-13-6-4-9/h3-6,10-12,14H,1-2,7-8H2. The van der Waals surface area contributed by atoms with Crippen molar-refractivity contribution in [3.8, 4) is 0 Å². The van der Waals surface area contributed by atoms with E-state index in [-0.39, 0.29) is 0 Å². The molecule has 1 aromatic heterocycles. The van der Waals surface area contributed by atoms with Crippen LogP contribution in [0.25, 0.3) is 0 Å². The van der Waals surface area contributed by atoms with E-state index in [4.69, 9.17) is 0 Å². The SMILES string of the molecule is c1cc(C2CC2CNC2CC2)ccn1. The summed E-state index contributed by atoms with van der Waals surface area (Å²) in [4.78, 5) is 4.05. The van der Waals surface area contributed by atoms with E-state index < -0.39 is 0 Å². The van der Waals surface area contributed by atoms with Gasteiger partial charge in [-0.05, 0) is 55.3 Å². The largest absolute Gasteiger partial charge is 0.314 e. The predicted octanol–water partition coefficient (Wildman–Crippen LogP) is 1.94. The molecule has 0 spiro atoms. The summed E-state index contributed by atoms with van der Waals surface area (Å²) in [6, 6.07) is 5.16. The molecule has 0 saturated heterocycles. The highest BCUT2D eigenvalue weighted by Gasteiger charge is 2.38. The molecule has 2 nitrogen and oxygen atoms in total. The minimum Gasteiger partial charge on any atom is -0.314 e. The summed E-state index contributed by atoms with van der Waals surface area (Å²) in [5, 5.41) is 3.60. The summed E-state index contributed by atoms with van der Waals surface area (Å²) < 4.78 is 0. The molecular formula is C12H16N2. The van der Waals surface area contributed by atoms with Crippen molar-refractivity contribution in [3.05, 3.63) is 30.1 Å². The molecule has 2 aliphatic rings. The number of hydrogen-bond donors (Lipinski definition) is 1. The van der Waals surface area contributed by atoms with Crippen molar-refractivity contribution in [2.75, 3.05) is 6.54 Å². The Morgan fingerprint density at radius 1 is 1.29 bits per heavy atom. The van der Waals surface area contributed by atoms with Gasteiger partial charge in [-0.25, -0.2) is 0 Å². The van der Waals surface area contributed by atoms with Crippen LogP contribution in [-0.2, 0) is 0 Å². The zero-order chi connectivity index (χ0) is 9.38. The number of rotatable bonds is 4. The Kier molecular flexibility index (Phi) is 2.02. The van der Waals surface area contributed by atoms with Crippen LogP contribution in [0.3, 0.4) is 0 Å². The van der Waals surface area contributed by atoms with Gasteiger partial charge in [0.25, 0.3) is 0 Å². The summed E-state index contributed by atoms with van der Waals surface area (Å²) in [6.45, 7) is 1.22. The molecule has 2 aliphatic carbocycles. The molecule has 0 amide bonds. The molecule has 1 aromatic rings. The molecule has 2 atom stereocenters.